The minimum absolute atomic E-state index is 0.0156. The molecular formula is C9H16O2. The zero-order chi connectivity index (χ0) is 8.65. The summed E-state index contributed by atoms with van der Waals surface area (Å²) in [7, 11) is 0. The Balaban J connectivity index is 2.96. The molecule has 64 valence electrons. The molecule has 0 saturated carbocycles. The summed E-state index contributed by atoms with van der Waals surface area (Å²) < 4.78 is 0. The SMILES string of the molecule is CC1=C(CO)C(C)(C)CC1O. The van der Waals surface area contributed by atoms with Gasteiger partial charge in [0.1, 0.15) is 0 Å². The maximum Gasteiger partial charge on any atom is 0.0759 e. The summed E-state index contributed by atoms with van der Waals surface area (Å²) in [6, 6.07) is 0. The van der Waals surface area contributed by atoms with Gasteiger partial charge in [0.05, 0.1) is 12.7 Å². The van der Waals surface area contributed by atoms with Crippen LogP contribution in [0.25, 0.3) is 0 Å². The van der Waals surface area contributed by atoms with Crippen LogP contribution >= 0.6 is 0 Å². The van der Waals surface area contributed by atoms with Gasteiger partial charge in [-0.3, -0.25) is 0 Å². The average molecular weight is 156 g/mol. The second-order valence-electron chi connectivity index (χ2n) is 3.92. The van der Waals surface area contributed by atoms with Crippen LogP contribution < -0.4 is 0 Å². The van der Waals surface area contributed by atoms with Gasteiger partial charge in [-0.15, -0.1) is 0 Å². The van der Waals surface area contributed by atoms with Crippen LogP contribution in [0, 0.1) is 5.41 Å². The largest absolute Gasteiger partial charge is 0.392 e. The quantitative estimate of drug-likeness (QED) is 0.558. The van der Waals surface area contributed by atoms with Crippen molar-refractivity contribution in [2.45, 2.75) is 33.3 Å². The van der Waals surface area contributed by atoms with E-state index in [0.29, 0.717) is 0 Å². The highest BCUT2D eigenvalue weighted by Crippen LogP contribution is 2.41. The number of hydrogen-bond donors (Lipinski definition) is 2. The van der Waals surface area contributed by atoms with E-state index in [1.165, 1.54) is 0 Å². The summed E-state index contributed by atoms with van der Waals surface area (Å²) in [5.74, 6) is 0. The molecule has 0 radical (unpaired) electrons. The van der Waals surface area contributed by atoms with E-state index in [-0.39, 0.29) is 18.1 Å². The van der Waals surface area contributed by atoms with E-state index in [0.717, 1.165) is 17.6 Å². The van der Waals surface area contributed by atoms with E-state index < -0.39 is 0 Å². The minimum atomic E-state index is -0.341. The third-order valence-electron chi connectivity index (χ3n) is 2.65. The first-order valence-electron chi connectivity index (χ1n) is 3.98. The van der Waals surface area contributed by atoms with E-state index in [2.05, 4.69) is 13.8 Å². The highest BCUT2D eigenvalue weighted by molar-refractivity contribution is 5.29. The molecule has 1 unspecified atom stereocenters. The van der Waals surface area contributed by atoms with Gasteiger partial charge < -0.3 is 10.2 Å². The molecule has 2 N–H and O–H groups in total. The van der Waals surface area contributed by atoms with Crippen LogP contribution in [0.3, 0.4) is 0 Å². The molecule has 11 heavy (non-hydrogen) atoms. The molecule has 0 aromatic rings. The molecule has 2 nitrogen and oxygen atoms in total. The predicted octanol–water partition coefficient (Wildman–Crippen LogP) is 1.09. The first-order chi connectivity index (χ1) is 4.99. The lowest BCUT2D eigenvalue weighted by Crippen LogP contribution is -2.14. The molecule has 1 aliphatic carbocycles. The number of hydrogen-bond acceptors (Lipinski definition) is 2. The highest BCUT2D eigenvalue weighted by atomic mass is 16.3. The normalized spacial score (nSPS) is 29.7. The van der Waals surface area contributed by atoms with Crippen molar-refractivity contribution in [1.82, 2.24) is 0 Å². The number of aliphatic hydroxyl groups excluding tert-OH is 2. The molecule has 0 heterocycles. The highest BCUT2D eigenvalue weighted by Gasteiger charge is 2.35. The molecule has 0 aromatic carbocycles. The van der Waals surface area contributed by atoms with Gasteiger partial charge in [-0.2, -0.15) is 0 Å². The van der Waals surface area contributed by atoms with Crippen molar-refractivity contribution in [3.05, 3.63) is 11.1 Å². The lowest BCUT2D eigenvalue weighted by Gasteiger charge is -2.20. The molecule has 1 rings (SSSR count). The second kappa shape index (κ2) is 2.61. The molecule has 1 atom stereocenters. The fraction of sp³-hybridized carbons (Fsp3) is 0.778. The predicted molar refractivity (Wildman–Crippen MR) is 44.2 cm³/mol. The molecule has 0 bridgehead atoms. The fourth-order valence-electron chi connectivity index (χ4n) is 1.83. The Bertz CT molecular complexity index is 192. The Kier molecular flexibility index (Phi) is 2.08. The molecule has 0 saturated heterocycles. The van der Waals surface area contributed by atoms with E-state index in [1.807, 2.05) is 6.92 Å². The summed E-state index contributed by atoms with van der Waals surface area (Å²) in [5, 5.41) is 18.5. The lowest BCUT2D eigenvalue weighted by atomic mass is 9.86. The summed E-state index contributed by atoms with van der Waals surface area (Å²) in [4.78, 5) is 0. The third kappa shape index (κ3) is 1.33. The standard InChI is InChI=1S/C9H16O2/c1-6-7(5-10)9(2,3)4-8(6)11/h8,10-11H,4-5H2,1-3H3. The Morgan fingerprint density at radius 1 is 1.55 bits per heavy atom. The summed E-state index contributed by atoms with van der Waals surface area (Å²) in [6.45, 7) is 6.08. The van der Waals surface area contributed by atoms with Gasteiger partial charge in [0.25, 0.3) is 0 Å². The third-order valence-corrected chi connectivity index (χ3v) is 2.65. The molecule has 0 spiro atoms. The Labute approximate surface area is 67.6 Å². The zero-order valence-corrected chi connectivity index (χ0v) is 7.39. The van der Waals surface area contributed by atoms with Crippen molar-refractivity contribution in [3.63, 3.8) is 0 Å². The van der Waals surface area contributed by atoms with E-state index in [9.17, 15) is 5.11 Å². The van der Waals surface area contributed by atoms with E-state index in [1.54, 1.807) is 0 Å². The molecule has 1 aliphatic rings. The van der Waals surface area contributed by atoms with Gasteiger partial charge in [0.15, 0.2) is 0 Å². The summed E-state index contributed by atoms with van der Waals surface area (Å²) >= 11 is 0. The fourth-order valence-corrected chi connectivity index (χ4v) is 1.83. The van der Waals surface area contributed by atoms with E-state index >= 15 is 0 Å². The van der Waals surface area contributed by atoms with Crippen molar-refractivity contribution < 1.29 is 10.2 Å². The van der Waals surface area contributed by atoms with Crippen LogP contribution in [0.2, 0.25) is 0 Å². The van der Waals surface area contributed by atoms with Crippen molar-refractivity contribution in [3.8, 4) is 0 Å². The minimum Gasteiger partial charge on any atom is -0.392 e. The van der Waals surface area contributed by atoms with E-state index in [4.69, 9.17) is 5.11 Å². The summed E-state index contributed by atoms with van der Waals surface area (Å²) in [6.07, 6.45) is 0.404. The maximum atomic E-state index is 9.47. The smallest absolute Gasteiger partial charge is 0.0759 e. The molecular weight excluding hydrogens is 140 g/mol. The van der Waals surface area contributed by atoms with Gasteiger partial charge in [-0.1, -0.05) is 13.8 Å². The van der Waals surface area contributed by atoms with Gasteiger partial charge in [-0.05, 0) is 29.9 Å². The lowest BCUT2D eigenvalue weighted by molar-refractivity contribution is 0.180. The van der Waals surface area contributed by atoms with Crippen LogP contribution in [0.1, 0.15) is 27.2 Å². The van der Waals surface area contributed by atoms with Gasteiger partial charge in [0.2, 0.25) is 0 Å². The average Bonchev–Trinajstić information content (AvgIpc) is 2.03. The van der Waals surface area contributed by atoms with Gasteiger partial charge in [-0.25, -0.2) is 0 Å². The number of aliphatic hydroxyl groups is 2. The maximum absolute atomic E-state index is 9.47. The Morgan fingerprint density at radius 2 is 2.09 bits per heavy atom. The first kappa shape index (κ1) is 8.75. The first-order valence-corrected chi connectivity index (χ1v) is 3.98. The number of rotatable bonds is 1. The molecule has 0 fully saturated rings. The van der Waals surface area contributed by atoms with Gasteiger partial charge in [0, 0.05) is 0 Å². The van der Waals surface area contributed by atoms with Gasteiger partial charge >= 0.3 is 0 Å². The zero-order valence-electron chi connectivity index (χ0n) is 7.39. The molecule has 0 amide bonds. The van der Waals surface area contributed by atoms with Crippen LogP contribution in [0.5, 0.6) is 0 Å². The molecule has 2 heteroatoms. The van der Waals surface area contributed by atoms with Crippen LogP contribution in [0.4, 0.5) is 0 Å². The monoisotopic (exact) mass is 156 g/mol. The summed E-state index contributed by atoms with van der Waals surface area (Å²) in [5.41, 5.74) is 1.95. The van der Waals surface area contributed by atoms with Crippen LogP contribution in [-0.4, -0.2) is 22.9 Å². The van der Waals surface area contributed by atoms with Crippen molar-refractivity contribution in [2.24, 2.45) is 5.41 Å². The van der Waals surface area contributed by atoms with Crippen molar-refractivity contribution in [2.75, 3.05) is 6.61 Å². The van der Waals surface area contributed by atoms with Crippen molar-refractivity contribution >= 4 is 0 Å². The molecule has 0 aromatic heterocycles. The second-order valence-corrected chi connectivity index (χ2v) is 3.92. The Morgan fingerprint density at radius 3 is 2.27 bits per heavy atom. The topological polar surface area (TPSA) is 40.5 Å². The molecule has 0 aliphatic heterocycles. The van der Waals surface area contributed by atoms with Crippen LogP contribution in [-0.2, 0) is 0 Å². The van der Waals surface area contributed by atoms with Crippen molar-refractivity contribution in [1.29, 1.82) is 0 Å². The van der Waals surface area contributed by atoms with Crippen LogP contribution in [0.15, 0.2) is 11.1 Å². The Hall–Kier alpha value is -0.340.